The third kappa shape index (κ3) is 5.31. The molecule has 0 amide bonds. The predicted octanol–water partition coefficient (Wildman–Crippen LogP) is 1.89. The van der Waals surface area contributed by atoms with Crippen LogP contribution in [0.5, 0.6) is 0 Å². The average molecular weight is 126 g/mol. The lowest BCUT2D eigenvalue weighted by molar-refractivity contribution is 0.211. The largest absolute Gasteiger partial charge is 0.389 e. The van der Waals surface area contributed by atoms with Gasteiger partial charge in [-0.05, 0) is 6.42 Å². The quantitative estimate of drug-likeness (QED) is 0.570. The van der Waals surface area contributed by atoms with E-state index in [4.69, 9.17) is 5.11 Å². The molecule has 0 rings (SSSR count). The molecule has 1 nitrogen and oxygen atoms in total. The van der Waals surface area contributed by atoms with Gasteiger partial charge in [0.05, 0.1) is 6.10 Å². The fourth-order valence-electron chi connectivity index (χ4n) is 0.599. The van der Waals surface area contributed by atoms with Crippen LogP contribution in [0.2, 0.25) is 0 Å². The Morgan fingerprint density at radius 1 is 1.67 bits per heavy atom. The first kappa shape index (κ1) is 8.44. The zero-order valence-corrected chi connectivity index (χ0v) is 5.88. The van der Waals surface area contributed by atoms with Gasteiger partial charge in [0.15, 0.2) is 0 Å². The van der Waals surface area contributed by atoms with Gasteiger partial charge in [-0.25, -0.2) is 0 Å². The summed E-state index contributed by atoms with van der Waals surface area (Å²) in [6, 6.07) is 0. The van der Waals surface area contributed by atoms with E-state index in [1.807, 2.05) is 6.92 Å². The minimum atomic E-state index is -0.284. The van der Waals surface area contributed by atoms with Crippen molar-refractivity contribution < 1.29 is 5.11 Å². The number of hydrogen-bond donors (Lipinski definition) is 1. The Morgan fingerprint density at radius 3 is 2.78 bits per heavy atom. The molecule has 52 valence electrons. The second-order valence-corrected chi connectivity index (χ2v) is 1.98. The topological polar surface area (TPSA) is 20.2 Å². The molecule has 0 spiro atoms. The van der Waals surface area contributed by atoms with Gasteiger partial charge in [-0.2, -0.15) is 0 Å². The van der Waals surface area contributed by atoms with Crippen molar-refractivity contribution in [2.45, 2.75) is 25.9 Å². The number of aliphatic hydroxyl groups is 1. The molecule has 1 N–H and O–H groups in total. The second kappa shape index (κ2) is 5.57. The van der Waals surface area contributed by atoms with Crippen LogP contribution in [0.3, 0.4) is 0 Å². The van der Waals surface area contributed by atoms with E-state index in [0.717, 1.165) is 12.8 Å². The Morgan fingerprint density at radius 2 is 2.33 bits per heavy atom. The molecule has 0 aromatic rings. The lowest BCUT2D eigenvalue weighted by Gasteiger charge is -1.99. The van der Waals surface area contributed by atoms with Gasteiger partial charge in [-0.3, -0.25) is 0 Å². The first-order valence-corrected chi connectivity index (χ1v) is 3.28. The molecule has 1 unspecified atom stereocenters. The van der Waals surface area contributed by atoms with E-state index in [9.17, 15) is 0 Å². The molecule has 0 aliphatic heterocycles. The third-order valence-corrected chi connectivity index (χ3v) is 1.05. The minimum absolute atomic E-state index is 0.284. The van der Waals surface area contributed by atoms with Crippen LogP contribution in [0.25, 0.3) is 0 Å². The van der Waals surface area contributed by atoms with Gasteiger partial charge in [-0.15, -0.1) is 0 Å². The highest BCUT2D eigenvalue weighted by Gasteiger charge is 1.92. The van der Waals surface area contributed by atoms with Gasteiger partial charge in [-0.1, -0.05) is 38.2 Å². The molecule has 0 saturated heterocycles. The predicted molar refractivity (Wildman–Crippen MR) is 40.3 cm³/mol. The summed E-state index contributed by atoms with van der Waals surface area (Å²) < 4.78 is 0. The lowest BCUT2D eigenvalue weighted by atomic mass is 10.2. The van der Waals surface area contributed by atoms with Crippen molar-refractivity contribution in [3.63, 3.8) is 0 Å². The van der Waals surface area contributed by atoms with Gasteiger partial charge in [0.1, 0.15) is 0 Å². The zero-order valence-electron chi connectivity index (χ0n) is 5.88. The number of allylic oxidation sites excluding steroid dienone is 2. The molecule has 0 heterocycles. The van der Waals surface area contributed by atoms with Crippen LogP contribution in [0.4, 0.5) is 0 Å². The standard InChI is InChI=1S/C8H14O/c1-3-5-7-8(9)6-4-2/h3,5,7-9H,1,4,6H2,2H3/b7-5-. The Bertz CT molecular complexity index is 94.7. The van der Waals surface area contributed by atoms with Crippen molar-refractivity contribution in [1.82, 2.24) is 0 Å². The smallest absolute Gasteiger partial charge is 0.0723 e. The van der Waals surface area contributed by atoms with Crippen molar-refractivity contribution in [3.8, 4) is 0 Å². The summed E-state index contributed by atoms with van der Waals surface area (Å²) in [5.74, 6) is 0. The highest BCUT2D eigenvalue weighted by molar-refractivity contribution is 5.00. The summed E-state index contributed by atoms with van der Waals surface area (Å²) in [7, 11) is 0. The molecule has 1 heteroatoms. The van der Waals surface area contributed by atoms with Gasteiger partial charge in [0.25, 0.3) is 0 Å². The van der Waals surface area contributed by atoms with Crippen molar-refractivity contribution in [3.05, 3.63) is 24.8 Å². The SMILES string of the molecule is C=C/C=C\C(O)CCC. The zero-order chi connectivity index (χ0) is 7.11. The Labute approximate surface area is 56.7 Å². The lowest BCUT2D eigenvalue weighted by Crippen LogP contribution is -1.99. The number of rotatable bonds is 4. The fraction of sp³-hybridized carbons (Fsp3) is 0.500. The van der Waals surface area contributed by atoms with Crippen molar-refractivity contribution in [2.24, 2.45) is 0 Å². The summed E-state index contributed by atoms with van der Waals surface area (Å²) in [5.41, 5.74) is 0. The van der Waals surface area contributed by atoms with E-state index in [2.05, 4.69) is 6.58 Å². The first-order chi connectivity index (χ1) is 4.31. The van der Waals surface area contributed by atoms with Crippen LogP contribution in [0, 0.1) is 0 Å². The van der Waals surface area contributed by atoms with Crippen LogP contribution in [0.15, 0.2) is 24.8 Å². The monoisotopic (exact) mass is 126 g/mol. The van der Waals surface area contributed by atoms with Gasteiger partial charge >= 0.3 is 0 Å². The molecule has 0 bridgehead atoms. The van der Waals surface area contributed by atoms with Crippen LogP contribution < -0.4 is 0 Å². The molecule has 1 atom stereocenters. The van der Waals surface area contributed by atoms with Gasteiger partial charge in [0, 0.05) is 0 Å². The Hall–Kier alpha value is -0.560. The van der Waals surface area contributed by atoms with E-state index in [1.54, 1.807) is 18.2 Å². The fourth-order valence-corrected chi connectivity index (χ4v) is 0.599. The van der Waals surface area contributed by atoms with Crippen LogP contribution in [-0.2, 0) is 0 Å². The van der Waals surface area contributed by atoms with E-state index >= 15 is 0 Å². The number of aliphatic hydroxyl groups excluding tert-OH is 1. The molecule has 0 radical (unpaired) electrons. The maximum atomic E-state index is 9.05. The van der Waals surface area contributed by atoms with E-state index in [0.29, 0.717) is 0 Å². The summed E-state index contributed by atoms with van der Waals surface area (Å²) >= 11 is 0. The maximum Gasteiger partial charge on any atom is 0.0723 e. The maximum absolute atomic E-state index is 9.05. The average Bonchev–Trinajstić information content (AvgIpc) is 1.85. The second-order valence-electron chi connectivity index (χ2n) is 1.98. The van der Waals surface area contributed by atoms with Crippen LogP contribution in [0.1, 0.15) is 19.8 Å². The van der Waals surface area contributed by atoms with Crippen molar-refractivity contribution in [2.75, 3.05) is 0 Å². The molecule has 0 saturated carbocycles. The molecule has 0 aromatic carbocycles. The summed E-state index contributed by atoms with van der Waals surface area (Å²) in [6.07, 6.45) is 6.75. The summed E-state index contributed by atoms with van der Waals surface area (Å²) in [5, 5.41) is 9.05. The van der Waals surface area contributed by atoms with E-state index in [-0.39, 0.29) is 6.10 Å². The molecule has 0 fully saturated rings. The molecular weight excluding hydrogens is 112 g/mol. The minimum Gasteiger partial charge on any atom is -0.389 e. The molecule has 0 aliphatic rings. The van der Waals surface area contributed by atoms with E-state index < -0.39 is 0 Å². The summed E-state index contributed by atoms with van der Waals surface area (Å²) in [4.78, 5) is 0. The highest BCUT2D eigenvalue weighted by Crippen LogP contribution is 1.96. The molecule has 0 aliphatic carbocycles. The van der Waals surface area contributed by atoms with Crippen molar-refractivity contribution >= 4 is 0 Å². The molecule has 9 heavy (non-hydrogen) atoms. The molecular formula is C8H14O. The van der Waals surface area contributed by atoms with Crippen molar-refractivity contribution in [1.29, 1.82) is 0 Å². The normalized spacial score (nSPS) is 14.0. The van der Waals surface area contributed by atoms with Crippen LogP contribution >= 0.6 is 0 Å². The Kier molecular flexibility index (Phi) is 5.23. The Balaban J connectivity index is 3.35. The first-order valence-electron chi connectivity index (χ1n) is 3.28. The number of hydrogen-bond acceptors (Lipinski definition) is 1. The highest BCUT2D eigenvalue weighted by atomic mass is 16.3. The third-order valence-electron chi connectivity index (χ3n) is 1.05. The summed E-state index contributed by atoms with van der Waals surface area (Å²) in [6.45, 7) is 5.54. The molecule has 0 aromatic heterocycles. The van der Waals surface area contributed by atoms with Crippen LogP contribution in [-0.4, -0.2) is 11.2 Å². The van der Waals surface area contributed by atoms with E-state index in [1.165, 1.54) is 0 Å². The van der Waals surface area contributed by atoms with Gasteiger partial charge < -0.3 is 5.11 Å². The van der Waals surface area contributed by atoms with Gasteiger partial charge in [0.2, 0.25) is 0 Å².